The maximum Gasteiger partial charge on any atom is 0.220 e. The quantitative estimate of drug-likeness (QED) is 0.886. The van der Waals surface area contributed by atoms with Crippen LogP contribution in [0.15, 0.2) is 18.2 Å². The highest BCUT2D eigenvalue weighted by molar-refractivity contribution is 5.76. The van der Waals surface area contributed by atoms with E-state index in [1.165, 1.54) is 16.7 Å². The van der Waals surface area contributed by atoms with Gasteiger partial charge in [0.25, 0.3) is 0 Å². The molecule has 0 aromatic heterocycles. The van der Waals surface area contributed by atoms with Gasteiger partial charge < -0.3 is 11.1 Å². The Labute approximate surface area is 121 Å². The van der Waals surface area contributed by atoms with Crippen LogP contribution in [0.5, 0.6) is 0 Å². The average Bonchev–Trinajstić information content (AvgIpc) is 2.39. The summed E-state index contributed by atoms with van der Waals surface area (Å²) in [4.78, 5) is 11.2. The molecule has 1 aromatic rings. The van der Waals surface area contributed by atoms with Crippen molar-refractivity contribution in [3.05, 3.63) is 34.9 Å². The first kappa shape index (κ1) is 15.0. The molecule has 0 saturated heterocycles. The summed E-state index contributed by atoms with van der Waals surface area (Å²) in [6, 6.07) is 7.48. The second-order valence-electron chi connectivity index (χ2n) is 6.20. The Morgan fingerprint density at radius 3 is 2.45 bits per heavy atom. The zero-order valence-corrected chi connectivity index (χ0v) is 12.8. The van der Waals surface area contributed by atoms with Crippen molar-refractivity contribution in [2.24, 2.45) is 11.7 Å². The van der Waals surface area contributed by atoms with E-state index in [1.54, 1.807) is 0 Å². The molecule has 0 bridgehead atoms. The molecule has 0 heterocycles. The number of aryl methyl sites for hydroxylation is 2. The largest absolute Gasteiger partial charge is 0.369 e. The van der Waals surface area contributed by atoms with Gasteiger partial charge in [-0.1, -0.05) is 23.8 Å². The van der Waals surface area contributed by atoms with Gasteiger partial charge >= 0.3 is 0 Å². The molecule has 2 rings (SSSR count). The molecule has 3 N–H and O–H groups in total. The maximum atomic E-state index is 11.2. The van der Waals surface area contributed by atoms with Crippen molar-refractivity contribution in [1.29, 1.82) is 0 Å². The summed E-state index contributed by atoms with van der Waals surface area (Å²) in [6.07, 6.45) is 3.94. The van der Waals surface area contributed by atoms with Gasteiger partial charge in [-0.3, -0.25) is 4.79 Å². The van der Waals surface area contributed by atoms with E-state index in [0.717, 1.165) is 25.7 Å². The van der Waals surface area contributed by atoms with Crippen LogP contribution in [0.4, 0.5) is 0 Å². The van der Waals surface area contributed by atoms with E-state index >= 15 is 0 Å². The molecule has 3 nitrogen and oxygen atoms in total. The lowest BCUT2D eigenvalue weighted by molar-refractivity contribution is -0.122. The molecule has 1 aromatic carbocycles. The number of primary amides is 1. The second-order valence-corrected chi connectivity index (χ2v) is 6.20. The Morgan fingerprint density at radius 1 is 1.25 bits per heavy atom. The fraction of sp³-hybridized carbons (Fsp3) is 0.588. The van der Waals surface area contributed by atoms with Crippen LogP contribution >= 0.6 is 0 Å². The number of carbonyl (C=O) groups excluding carboxylic acids is 1. The standard InChI is InChI=1S/C17H26N2O/c1-11-4-9-16(12(2)10-11)13(3)19-15-7-5-14(6-8-15)17(18)20/h4,9-10,13-15,19H,5-8H2,1-3H3,(H2,18,20). The van der Waals surface area contributed by atoms with Gasteiger partial charge in [-0.15, -0.1) is 0 Å². The zero-order valence-electron chi connectivity index (χ0n) is 12.8. The van der Waals surface area contributed by atoms with Crippen LogP contribution in [0.3, 0.4) is 0 Å². The first-order valence-corrected chi connectivity index (χ1v) is 7.60. The highest BCUT2D eigenvalue weighted by Gasteiger charge is 2.25. The molecule has 0 radical (unpaired) electrons. The molecule has 20 heavy (non-hydrogen) atoms. The van der Waals surface area contributed by atoms with E-state index < -0.39 is 0 Å². The summed E-state index contributed by atoms with van der Waals surface area (Å²) >= 11 is 0. The SMILES string of the molecule is Cc1ccc(C(C)NC2CCC(C(N)=O)CC2)c(C)c1. The second kappa shape index (κ2) is 6.40. The molecule has 110 valence electrons. The summed E-state index contributed by atoms with van der Waals surface area (Å²) < 4.78 is 0. The van der Waals surface area contributed by atoms with Crippen molar-refractivity contribution in [2.45, 2.75) is 58.5 Å². The fourth-order valence-corrected chi connectivity index (χ4v) is 3.30. The molecular weight excluding hydrogens is 248 g/mol. The van der Waals surface area contributed by atoms with Crippen LogP contribution in [0.25, 0.3) is 0 Å². The molecule has 1 unspecified atom stereocenters. The van der Waals surface area contributed by atoms with Gasteiger partial charge in [-0.05, 0) is 57.6 Å². The van der Waals surface area contributed by atoms with Crippen molar-refractivity contribution >= 4 is 5.91 Å². The first-order chi connectivity index (χ1) is 9.47. The Balaban J connectivity index is 1.92. The predicted octanol–water partition coefficient (Wildman–Crippen LogP) is 3.00. The van der Waals surface area contributed by atoms with Crippen LogP contribution in [0.1, 0.15) is 55.3 Å². The average molecular weight is 274 g/mol. The lowest BCUT2D eigenvalue weighted by atomic mass is 9.85. The van der Waals surface area contributed by atoms with Gasteiger partial charge in [0.1, 0.15) is 0 Å². The summed E-state index contributed by atoms with van der Waals surface area (Å²) in [7, 11) is 0. The number of hydrogen-bond donors (Lipinski definition) is 2. The molecule has 3 heteroatoms. The van der Waals surface area contributed by atoms with Gasteiger partial charge in [0.2, 0.25) is 5.91 Å². The lowest BCUT2D eigenvalue weighted by Crippen LogP contribution is -2.38. The fourth-order valence-electron chi connectivity index (χ4n) is 3.30. The molecule has 1 fully saturated rings. The number of amides is 1. The van der Waals surface area contributed by atoms with Crippen molar-refractivity contribution in [3.63, 3.8) is 0 Å². The molecule has 0 aliphatic heterocycles. The van der Waals surface area contributed by atoms with Crippen molar-refractivity contribution in [1.82, 2.24) is 5.32 Å². The van der Waals surface area contributed by atoms with Crippen LogP contribution in [-0.2, 0) is 4.79 Å². The lowest BCUT2D eigenvalue weighted by Gasteiger charge is -2.30. The third kappa shape index (κ3) is 3.60. The molecular formula is C17H26N2O. The van der Waals surface area contributed by atoms with Crippen molar-refractivity contribution in [2.75, 3.05) is 0 Å². The molecule has 0 spiro atoms. The molecule has 1 aliphatic rings. The molecule has 1 aliphatic carbocycles. The highest BCUT2D eigenvalue weighted by atomic mass is 16.1. The van der Waals surface area contributed by atoms with Gasteiger partial charge in [0.05, 0.1) is 0 Å². The summed E-state index contributed by atoms with van der Waals surface area (Å²) in [5.41, 5.74) is 9.40. The number of hydrogen-bond acceptors (Lipinski definition) is 2. The van der Waals surface area contributed by atoms with Gasteiger partial charge in [0, 0.05) is 18.0 Å². The van der Waals surface area contributed by atoms with Crippen LogP contribution < -0.4 is 11.1 Å². The molecule has 1 atom stereocenters. The van der Waals surface area contributed by atoms with Crippen molar-refractivity contribution in [3.8, 4) is 0 Å². The number of rotatable bonds is 4. The molecule has 1 amide bonds. The number of nitrogens with one attached hydrogen (secondary N) is 1. The third-order valence-corrected chi connectivity index (χ3v) is 4.51. The van der Waals surface area contributed by atoms with E-state index in [-0.39, 0.29) is 11.8 Å². The maximum absolute atomic E-state index is 11.2. The monoisotopic (exact) mass is 274 g/mol. The van der Waals surface area contributed by atoms with E-state index in [4.69, 9.17) is 5.73 Å². The van der Waals surface area contributed by atoms with E-state index in [9.17, 15) is 4.79 Å². The van der Waals surface area contributed by atoms with E-state index in [0.29, 0.717) is 12.1 Å². The minimum Gasteiger partial charge on any atom is -0.369 e. The van der Waals surface area contributed by atoms with Crippen LogP contribution in [-0.4, -0.2) is 11.9 Å². The van der Waals surface area contributed by atoms with Crippen molar-refractivity contribution < 1.29 is 4.79 Å². The topological polar surface area (TPSA) is 55.1 Å². The Morgan fingerprint density at radius 2 is 1.90 bits per heavy atom. The normalized spacial score (nSPS) is 24.4. The number of nitrogens with two attached hydrogens (primary N) is 1. The summed E-state index contributed by atoms with van der Waals surface area (Å²) in [5, 5.41) is 3.70. The van der Waals surface area contributed by atoms with Gasteiger partial charge in [-0.2, -0.15) is 0 Å². The number of benzene rings is 1. The van der Waals surface area contributed by atoms with Crippen LogP contribution in [0, 0.1) is 19.8 Å². The summed E-state index contributed by atoms with van der Waals surface area (Å²) in [6.45, 7) is 6.52. The highest BCUT2D eigenvalue weighted by Crippen LogP contribution is 2.27. The van der Waals surface area contributed by atoms with Gasteiger partial charge in [-0.25, -0.2) is 0 Å². The minimum absolute atomic E-state index is 0.0875. The number of carbonyl (C=O) groups is 1. The molecule has 1 saturated carbocycles. The van der Waals surface area contributed by atoms with E-state index in [1.807, 2.05) is 0 Å². The Hall–Kier alpha value is -1.35. The first-order valence-electron chi connectivity index (χ1n) is 7.60. The predicted molar refractivity (Wildman–Crippen MR) is 82.4 cm³/mol. The summed E-state index contributed by atoms with van der Waals surface area (Å²) in [5.74, 6) is -0.0460. The minimum atomic E-state index is -0.133. The third-order valence-electron chi connectivity index (χ3n) is 4.51. The zero-order chi connectivity index (χ0) is 14.7. The van der Waals surface area contributed by atoms with E-state index in [2.05, 4.69) is 44.3 Å². The van der Waals surface area contributed by atoms with Crippen LogP contribution in [0.2, 0.25) is 0 Å². The smallest absolute Gasteiger partial charge is 0.220 e. The Kier molecular flexibility index (Phi) is 4.81. The van der Waals surface area contributed by atoms with Gasteiger partial charge in [0.15, 0.2) is 0 Å². The Bertz CT molecular complexity index is 476.